The number of halogens is 1. The van der Waals surface area contributed by atoms with Crippen LogP contribution < -0.4 is 10.1 Å². The van der Waals surface area contributed by atoms with Gasteiger partial charge in [0.15, 0.2) is 6.61 Å². The zero-order valence-corrected chi connectivity index (χ0v) is 18.3. The number of amides is 1. The fourth-order valence-corrected chi connectivity index (χ4v) is 4.36. The smallest absolute Gasteiger partial charge is 0.258 e. The van der Waals surface area contributed by atoms with Gasteiger partial charge in [0, 0.05) is 16.6 Å². The molecule has 2 aromatic rings. The van der Waals surface area contributed by atoms with E-state index >= 15 is 0 Å². The van der Waals surface area contributed by atoms with E-state index in [0.717, 1.165) is 32.1 Å². The molecule has 156 valence electrons. The van der Waals surface area contributed by atoms with Crippen LogP contribution in [0.5, 0.6) is 5.75 Å². The van der Waals surface area contributed by atoms with E-state index in [1.807, 2.05) is 0 Å². The summed E-state index contributed by atoms with van der Waals surface area (Å²) in [6.07, 6.45) is 5.14. The molecule has 0 aromatic heterocycles. The van der Waals surface area contributed by atoms with Crippen molar-refractivity contribution in [2.75, 3.05) is 20.7 Å². The van der Waals surface area contributed by atoms with Crippen molar-refractivity contribution in [3.05, 3.63) is 64.7 Å². The number of carbonyl (C=O) groups excluding carboxylic acids is 1. The molecule has 1 aliphatic rings. The summed E-state index contributed by atoms with van der Waals surface area (Å²) in [6.45, 7) is 2.17. The Morgan fingerprint density at radius 1 is 1.17 bits per heavy atom. The SMILES string of the molecule is Cc1cccc(CC2(N(C)C)CCC(NC(=O)COc3ccc(Cl)cc3)CC2)c1. The fourth-order valence-electron chi connectivity index (χ4n) is 4.23. The normalized spacial score (nSPS) is 21.8. The Morgan fingerprint density at radius 3 is 2.48 bits per heavy atom. The highest BCUT2D eigenvalue weighted by molar-refractivity contribution is 6.30. The summed E-state index contributed by atoms with van der Waals surface area (Å²) < 4.78 is 5.55. The highest BCUT2D eigenvalue weighted by atomic mass is 35.5. The molecule has 1 amide bonds. The van der Waals surface area contributed by atoms with Gasteiger partial charge in [0.05, 0.1) is 0 Å². The van der Waals surface area contributed by atoms with Crippen LogP contribution in [0, 0.1) is 6.92 Å². The fraction of sp³-hybridized carbons (Fsp3) is 0.458. The maximum Gasteiger partial charge on any atom is 0.258 e. The quantitative estimate of drug-likeness (QED) is 0.718. The molecule has 1 N–H and O–H groups in total. The van der Waals surface area contributed by atoms with Crippen LogP contribution in [-0.4, -0.2) is 43.1 Å². The number of carbonyl (C=O) groups is 1. The van der Waals surface area contributed by atoms with E-state index in [-0.39, 0.29) is 24.1 Å². The number of ether oxygens (including phenoxy) is 1. The molecule has 0 aliphatic heterocycles. The molecule has 3 rings (SSSR count). The molecule has 29 heavy (non-hydrogen) atoms. The lowest BCUT2D eigenvalue weighted by Crippen LogP contribution is -2.52. The summed E-state index contributed by atoms with van der Waals surface area (Å²) in [4.78, 5) is 14.7. The first kappa shape index (κ1) is 21.7. The van der Waals surface area contributed by atoms with E-state index < -0.39 is 0 Å². The molecule has 1 aliphatic carbocycles. The van der Waals surface area contributed by atoms with Gasteiger partial charge in [-0.2, -0.15) is 0 Å². The number of nitrogens with zero attached hydrogens (tertiary/aromatic N) is 1. The van der Waals surface area contributed by atoms with Crippen molar-refractivity contribution < 1.29 is 9.53 Å². The van der Waals surface area contributed by atoms with Crippen LogP contribution in [0.1, 0.15) is 36.8 Å². The molecule has 1 saturated carbocycles. The van der Waals surface area contributed by atoms with Crippen molar-refractivity contribution in [1.82, 2.24) is 10.2 Å². The van der Waals surface area contributed by atoms with E-state index in [1.165, 1.54) is 11.1 Å². The van der Waals surface area contributed by atoms with Gasteiger partial charge in [0.2, 0.25) is 0 Å². The second kappa shape index (κ2) is 9.64. The number of hydrogen-bond acceptors (Lipinski definition) is 3. The van der Waals surface area contributed by atoms with E-state index in [9.17, 15) is 4.79 Å². The van der Waals surface area contributed by atoms with Gasteiger partial charge in [-0.1, -0.05) is 41.4 Å². The number of nitrogens with one attached hydrogen (secondary N) is 1. The summed E-state index contributed by atoms with van der Waals surface area (Å²) >= 11 is 5.87. The number of rotatable bonds is 7. The van der Waals surface area contributed by atoms with Crippen LogP contribution in [0.25, 0.3) is 0 Å². The summed E-state index contributed by atoms with van der Waals surface area (Å²) in [7, 11) is 4.35. The van der Waals surface area contributed by atoms with E-state index in [4.69, 9.17) is 16.3 Å². The molecule has 0 radical (unpaired) electrons. The summed E-state index contributed by atoms with van der Waals surface area (Å²) in [5, 5.41) is 3.79. The Bertz CT molecular complexity index is 812. The van der Waals surface area contributed by atoms with Crippen molar-refractivity contribution in [1.29, 1.82) is 0 Å². The predicted octanol–water partition coefficient (Wildman–Crippen LogP) is 4.63. The number of aryl methyl sites for hydroxylation is 1. The molecule has 0 atom stereocenters. The third kappa shape index (κ3) is 5.97. The Balaban J connectivity index is 1.51. The second-order valence-corrected chi connectivity index (χ2v) is 8.81. The van der Waals surface area contributed by atoms with Gasteiger partial charge in [-0.3, -0.25) is 4.79 Å². The van der Waals surface area contributed by atoms with Gasteiger partial charge in [-0.25, -0.2) is 0 Å². The standard InChI is InChI=1S/C24H31ClN2O2/c1-18-5-4-6-19(15-18)16-24(27(2)3)13-11-21(12-14-24)26-23(28)17-29-22-9-7-20(25)8-10-22/h4-10,15,21H,11-14,16-17H2,1-3H3,(H,26,28). The molecule has 0 heterocycles. The molecule has 5 heteroatoms. The molecular formula is C24H31ClN2O2. The molecule has 2 aromatic carbocycles. The molecule has 0 saturated heterocycles. The number of hydrogen-bond donors (Lipinski definition) is 1. The van der Waals surface area contributed by atoms with Crippen molar-refractivity contribution in [2.24, 2.45) is 0 Å². The Labute approximate surface area is 179 Å². The van der Waals surface area contributed by atoms with Crippen LogP contribution in [0.15, 0.2) is 48.5 Å². The lowest BCUT2D eigenvalue weighted by molar-refractivity contribution is -0.124. The van der Waals surface area contributed by atoms with Crippen LogP contribution in [0.2, 0.25) is 5.02 Å². The minimum Gasteiger partial charge on any atom is -0.484 e. The van der Waals surface area contributed by atoms with Gasteiger partial charge in [0.1, 0.15) is 5.75 Å². The Morgan fingerprint density at radius 2 is 1.86 bits per heavy atom. The molecular weight excluding hydrogens is 384 g/mol. The van der Waals surface area contributed by atoms with Gasteiger partial charge >= 0.3 is 0 Å². The second-order valence-electron chi connectivity index (χ2n) is 8.37. The summed E-state index contributed by atoms with van der Waals surface area (Å²) in [5.74, 6) is 0.582. The lowest BCUT2D eigenvalue weighted by Gasteiger charge is -2.45. The Hall–Kier alpha value is -2.04. The largest absolute Gasteiger partial charge is 0.484 e. The zero-order valence-electron chi connectivity index (χ0n) is 17.6. The first-order chi connectivity index (χ1) is 13.9. The highest BCUT2D eigenvalue weighted by Gasteiger charge is 2.37. The van der Waals surface area contributed by atoms with Gasteiger partial charge in [-0.15, -0.1) is 0 Å². The zero-order chi connectivity index (χ0) is 20.9. The van der Waals surface area contributed by atoms with E-state index in [2.05, 4.69) is 55.5 Å². The molecule has 1 fully saturated rings. The minimum absolute atomic E-state index is 0.0280. The van der Waals surface area contributed by atoms with Crippen molar-refractivity contribution in [2.45, 2.75) is 50.6 Å². The molecule has 4 nitrogen and oxygen atoms in total. The summed E-state index contributed by atoms with van der Waals surface area (Å²) in [5.41, 5.74) is 2.84. The average molecular weight is 415 g/mol. The maximum absolute atomic E-state index is 12.3. The Kier molecular flexibility index (Phi) is 7.20. The highest BCUT2D eigenvalue weighted by Crippen LogP contribution is 2.35. The maximum atomic E-state index is 12.3. The van der Waals surface area contributed by atoms with Crippen molar-refractivity contribution in [3.8, 4) is 5.75 Å². The minimum atomic E-state index is -0.0685. The average Bonchev–Trinajstić information content (AvgIpc) is 2.69. The molecule has 0 bridgehead atoms. The predicted molar refractivity (Wildman–Crippen MR) is 119 cm³/mol. The topological polar surface area (TPSA) is 41.6 Å². The van der Waals surface area contributed by atoms with Gasteiger partial charge in [0.25, 0.3) is 5.91 Å². The van der Waals surface area contributed by atoms with Crippen molar-refractivity contribution in [3.63, 3.8) is 0 Å². The van der Waals surface area contributed by atoms with Crippen LogP contribution >= 0.6 is 11.6 Å². The molecule has 0 spiro atoms. The lowest BCUT2D eigenvalue weighted by atomic mass is 9.74. The van der Waals surface area contributed by atoms with Crippen LogP contribution in [0.3, 0.4) is 0 Å². The van der Waals surface area contributed by atoms with Crippen LogP contribution in [-0.2, 0) is 11.2 Å². The summed E-state index contributed by atoms with van der Waals surface area (Å²) in [6, 6.07) is 16.1. The van der Waals surface area contributed by atoms with E-state index in [0.29, 0.717) is 10.8 Å². The van der Waals surface area contributed by atoms with Gasteiger partial charge < -0.3 is 15.0 Å². The number of likely N-dealkylation sites (N-methyl/N-ethyl adjacent to an activating group) is 1. The first-order valence-electron chi connectivity index (χ1n) is 10.3. The van der Waals surface area contributed by atoms with E-state index in [1.54, 1.807) is 24.3 Å². The third-order valence-corrected chi connectivity index (χ3v) is 6.28. The number of benzene rings is 2. The first-order valence-corrected chi connectivity index (χ1v) is 10.6. The monoisotopic (exact) mass is 414 g/mol. The van der Waals surface area contributed by atoms with Crippen molar-refractivity contribution >= 4 is 17.5 Å². The van der Waals surface area contributed by atoms with Gasteiger partial charge in [-0.05, 0) is 83.0 Å². The molecule has 0 unspecified atom stereocenters. The third-order valence-electron chi connectivity index (χ3n) is 6.03. The van der Waals surface area contributed by atoms with Crippen LogP contribution in [0.4, 0.5) is 0 Å².